The first kappa shape index (κ1) is 47.4. The second-order valence-electron chi connectivity index (χ2n) is 11.8. The van der Waals surface area contributed by atoms with E-state index in [0.717, 1.165) is 46.7 Å². The van der Waals surface area contributed by atoms with Gasteiger partial charge in [0.2, 0.25) is 0 Å². The van der Waals surface area contributed by atoms with Crippen molar-refractivity contribution in [2.45, 2.75) is 80.8 Å². The maximum Gasteiger partial charge on any atom is 4.00 e. The smallest absolute Gasteiger partial charge is 0.369 e. The van der Waals surface area contributed by atoms with E-state index in [1.165, 1.54) is 24.3 Å². The topological polar surface area (TPSA) is 46.8 Å². The number of allylic oxidation sites excluding steroid dienone is 8. The molecule has 2 aromatic heterocycles. The van der Waals surface area contributed by atoms with Crippen LogP contribution in [0.3, 0.4) is 0 Å². The Morgan fingerprint density at radius 3 is 1.16 bits per heavy atom. The Hall–Kier alpha value is -3.77. The summed E-state index contributed by atoms with van der Waals surface area (Å²) in [5.41, 5.74) is 5.41. The van der Waals surface area contributed by atoms with E-state index < -0.39 is 35.8 Å². The molecule has 0 spiro atoms. The van der Waals surface area contributed by atoms with Gasteiger partial charge in [-0.3, -0.25) is 12.2 Å². The van der Waals surface area contributed by atoms with E-state index in [1.54, 1.807) is 9.13 Å². The normalized spacial score (nSPS) is 12.3. The van der Waals surface area contributed by atoms with Gasteiger partial charge in [0.25, 0.3) is 0 Å². The fraction of sp³-hybridized carbons (Fsp3) is 0.364. The summed E-state index contributed by atoms with van der Waals surface area (Å²) in [5, 5.41) is 0. The minimum absolute atomic E-state index is 0. The number of nitrogens with zero attached hydrogens (tertiary/aromatic N) is 2. The van der Waals surface area contributed by atoms with Gasteiger partial charge in [0.05, 0.1) is 0 Å². The summed E-state index contributed by atoms with van der Waals surface area (Å²) in [6.45, 7) is 17.0. The predicted molar refractivity (Wildman–Crippen MR) is 203 cm³/mol. The molecule has 0 radical (unpaired) electrons. The van der Waals surface area contributed by atoms with Crippen molar-refractivity contribution in [3.05, 3.63) is 154 Å². The Bertz CT molecular complexity index is 1730. The van der Waals surface area contributed by atoms with Crippen molar-refractivity contribution in [2.24, 2.45) is 0 Å². The number of hydrogen-bond acceptors (Lipinski definition) is 4. The van der Waals surface area contributed by atoms with Crippen LogP contribution in [0.15, 0.2) is 72.9 Å². The Balaban J connectivity index is 0.000000298. The average Bonchev–Trinajstić information content (AvgIpc) is 3.98. The van der Waals surface area contributed by atoms with Crippen molar-refractivity contribution >= 4 is 0 Å². The van der Waals surface area contributed by atoms with Gasteiger partial charge in [-0.2, -0.15) is 12.2 Å². The van der Waals surface area contributed by atoms with Gasteiger partial charge in [-0.15, -0.1) is 49.2 Å². The molecule has 0 amide bonds. The molecule has 2 aromatic carbocycles. The quantitative estimate of drug-likeness (QED) is 0.0620. The standard InChI is InChI=1S/2C17H20F2NO2.2C5H5.Ti/c2*1-5-21-17(22-6-2)14-9-11(3)20(12(14)4)16-8-7-13(18)10-15(16)19;2*1-2-4-5-3-1;/h2*7-9,17H,5-6H2,1-4H3;2*1-3H,4H2;/q4*-1;+4. The molecule has 6 nitrogen and oxygen atoms in total. The van der Waals surface area contributed by atoms with Crippen molar-refractivity contribution in [1.82, 2.24) is 9.13 Å². The molecule has 2 heterocycles. The van der Waals surface area contributed by atoms with Crippen LogP contribution in [0.4, 0.5) is 17.6 Å². The van der Waals surface area contributed by atoms with Crippen LogP contribution in [-0.2, 0) is 40.7 Å². The van der Waals surface area contributed by atoms with Crippen LogP contribution in [0.2, 0.25) is 0 Å². The van der Waals surface area contributed by atoms with Crippen molar-refractivity contribution in [3.63, 3.8) is 0 Å². The van der Waals surface area contributed by atoms with E-state index in [1.807, 2.05) is 91.8 Å². The minimum atomic E-state index is -0.724. The van der Waals surface area contributed by atoms with Crippen LogP contribution in [-0.4, -0.2) is 35.6 Å². The van der Waals surface area contributed by atoms with Crippen molar-refractivity contribution < 1.29 is 58.2 Å². The van der Waals surface area contributed by atoms with E-state index in [0.29, 0.717) is 26.4 Å². The molecule has 0 bridgehead atoms. The van der Waals surface area contributed by atoms with Gasteiger partial charge in [0.15, 0.2) is 12.6 Å². The minimum Gasteiger partial charge on any atom is -0.369 e. The summed E-state index contributed by atoms with van der Waals surface area (Å²) in [4.78, 5) is 0. The zero-order valence-corrected chi connectivity index (χ0v) is 34.4. The van der Waals surface area contributed by atoms with Crippen LogP contribution in [0.25, 0.3) is 11.4 Å². The predicted octanol–water partition coefficient (Wildman–Crippen LogP) is 11.1. The van der Waals surface area contributed by atoms with Gasteiger partial charge in [-0.1, -0.05) is 0 Å². The number of halogens is 4. The summed E-state index contributed by atoms with van der Waals surface area (Å²) in [7, 11) is 0. The van der Waals surface area contributed by atoms with Crippen LogP contribution >= 0.6 is 0 Å². The Morgan fingerprint density at radius 2 is 0.927 bits per heavy atom. The molecule has 2 aliphatic rings. The first-order valence-corrected chi connectivity index (χ1v) is 18.0. The van der Waals surface area contributed by atoms with Crippen LogP contribution in [0, 0.1) is 75.2 Å². The molecule has 0 atom stereocenters. The Labute approximate surface area is 339 Å². The van der Waals surface area contributed by atoms with Crippen molar-refractivity contribution in [2.75, 3.05) is 26.4 Å². The number of aryl methyl sites for hydroxylation is 2. The fourth-order valence-corrected chi connectivity index (χ4v) is 5.75. The third kappa shape index (κ3) is 13.7. The van der Waals surface area contributed by atoms with Gasteiger partial charge in [0.1, 0.15) is 0 Å². The van der Waals surface area contributed by atoms with Crippen molar-refractivity contribution in [1.29, 1.82) is 0 Å². The van der Waals surface area contributed by atoms with Gasteiger partial charge >= 0.3 is 21.7 Å². The molecule has 0 unspecified atom stereocenters. The molecule has 11 heteroatoms. The Kier molecular flexibility index (Phi) is 21.3. The zero-order valence-electron chi connectivity index (χ0n) is 32.9. The summed E-state index contributed by atoms with van der Waals surface area (Å²) in [6, 6.07) is 13.1. The molecule has 0 saturated carbocycles. The zero-order chi connectivity index (χ0) is 39.6. The van der Waals surface area contributed by atoms with Gasteiger partial charge in [-0.25, -0.2) is 41.9 Å². The van der Waals surface area contributed by atoms with E-state index in [-0.39, 0.29) is 33.1 Å². The second kappa shape index (κ2) is 24.7. The van der Waals surface area contributed by atoms with Gasteiger partial charge in [-0.05, 0) is 78.9 Å². The largest absolute Gasteiger partial charge is 4.00 e. The number of ether oxygens (including phenoxy) is 4. The number of benzene rings is 2. The van der Waals surface area contributed by atoms with Crippen LogP contribution in [0.5, 0.6) is 0 Å². The van der Waals surface area contributed by atoms with E-state index in [2.05, 4.69) is 36.4 Å². The second-order valence-corrected chi connectivity index (χ2v) is 11.8. The molecule has 0 saturated heterocycles. The van der Waals surface area contributed by atoms with Gasteiger partial charge < -0.3 is 28.1 Å². The van der Waals surface area contributed by atoms with E-state index in [9.17, 15) is 17.6 Å². The monoisotopic (exact) mass is 794 g/mol. The molecule has 0 fully saturated rings. The summed E-state index contributed by atoms with van der Waals surface area (Å²) >= 11 is 0. The summed E-state index contributed by atoms with van der Waals surface area (Å²) in [6.07, 6.45) is 19.0. The Morgan fingerprint density at radius 1 is 0.582 bits per heavy atom. The molecule has 0 N–H and O–H groups in total. The first-order chi connectivity index (χ1) is 26.0. The third-order valence-electron chi connectivity index (χ3n) is 8.06. The maximum atomic E-state index is 14.0. The van der Waals surface area contributed by atoms with E-state index in [4.69, 9.17) is 18.9 Å². The number of rotatable bonds is 12. The molecule has 55 heavy (non-hydrogen) atoms. The first-order valence-electron chi connectivity index (χ1n) is 18.0. The van der Waals surface area contributed by atoms with Crippen LogP contribution < -0.4 is 0 Å². The third-order valence-corrected chi connectivity index (χ3v) is 8.06. The molecular formula is C44H50F4N2O4Ti. The fourth-order valence-electron chi connectivity index (χ4n) is 5.75. The molecule has 6 rings (SSSR count). The van der Waals surface area contributed by atoms with Crippen LogP contribution in [0.1, 0.15) is 87.0 Å². The number of aromatic nitrogens is 2. The summed E-state index contributed by atoms with van der Waals surface area (Å²) < 4.78 is 80.0. The molecule has 2 aliphatic carbocycles. The van der Waals surface area contributed by atoms with Crippen molar-refractivity contribution in [3.8, 4) is 11.4 Å². The SMILES string of the molecule is CCOC(OCC)c1cc(C)n(-c2ccc(F)[c-]c2F)c1C.CCOC(OCC)c1cc(C)n(-c2ccc(F)[c-]c2F)c1C.[C-]1=CC=CC1.[C-]1=CC=CC1.[Ti+4]. The average molecular weight is 795 g/mol. The molecule has 0 aliphatic heterocycles. The molecule has 4 aromatic rings. The molecule has 292 valence electrons. The summed E-state index contributed by atoms with van der Waals surface area (Å²) in [5.74, 6) is -2.88. The van der Waals surface area contributed by atoms with E-state index >= 15 is 0 Å². The molecular weight excluding hydrogens is 744 g/mol. The maximum absolute atomic E-state index is 14.0. The number of hydrogen-bond donors (Lipinski definition) is 0. The van der Waals surface area contributed by atoms with Gasteiger partial charge in [0, 0.05) is 83.6 Å².